The molecule has 0 radical (unpaired) electrons. The van der Waals surface area contributed by atoms with Crippen LogP contribution in [0.2, 0.25) is 0 Å². The lowest BCUT2D eigenvalue weighted by Gasteiger charge is -2.22. The Kier molecular flexibility index (Phi) is 5.22. The first kappa shape index (κ1) is 12.3. The van der Waals surface area contributed by atoms with Gasteiger partial charge in [0, 0.05) is 0 Å². The van der Waals surface area contributed by atoms with Crippen molar-refractivity contribution in [3.63, 3.8) is 0 Å². The molecule has 0 aromatic rings. The maximum absolute atomic E-state index is 5.47. The number of rotatable bonds is 4. The summed E-state index contributed by atoms with van der Waals surface area (Å²) in [5.41, 5.74) is -0.376. The Bertz CT molecular complexity index is 180. The zero-order chi connectivity index (χ0) is 10.6. The van der Waals surface area contributed by atoms with Crippen molar-refractivity contribution in [3.8, 4) is 0 Å². The fraction of sp³-hybridized carbons (Fsp3) is 1.00. The molecule has 0 saturated carbocycles. The number of hydrogen-bond acceptors (Lipinski definition) is 6. The molecule has 0 N–H and O–H groups in total. The molecule has 0 spiro atoms. The van der Waals surface area contributed by atoms with Crippen molar-refractivity contribution >= 4 is 21.6 Å². The van der Waals surface area contributed by atoms with Crippen LogP contribution >= 0.6 is 21.6 Å². The van der Waals surface area contributed by atoms with Gasteiger partial charge in [-0.1, -0.05) is 0 Å². The molecular weight excluding hydrogens is 220 g/mol. The molecule has 1 rings (SSSR count). The largest absolute Gasteiger partial charge is 0.343 e. The van der Waals surface area contributed by atoms with E-state index in [2.05, 4.69) is 10.2 Å². The second-order valence-corrected chi connectivity index (χ2v) is 5.75. The minimum Gasteiger partial charge on any atom is -0.343 e. The summed E-state index contributed by atoms with van der Waals surface area (Å²) in [5, 5.41) is 8.05. The summed E-state index contributed by atoms with van der Waals surface area (Å²) in [4.78, 5) is 0. The molecule has 0 bridgehead atoms. The lowest BCUT2D eigenvalue weighted by atomic mass is 10.5. The third-order valence-electron chi connectivity index (χ3n) is 1.25. The van der Waals surface area contributed by atoms with Crippen molar-refractivity contribution in [2.45, 2.75) is 51.0 Å². The van der Waals surface area contributed by atoms with Crippen LogP contribution in [0.15, 0.2) is 10.2 Å². The van der Waals surface area contributed by atoms with Gasteiger partial charge in [0.25, 0.3) is 0 Å². The lowest BCUT2D eigenvalue weighted by molar-refractivity contribution is 0.0397. The number of ether oxygens (including phenoxy) is 2. The van der Waals surface area contributed by atoms with E-state index in [9.17, 15) is 0 Å². The van der Waals surface area contributed by atoms with E-state index in [-0.39, 0.29) is 23.3 Å². The smallest absolute Gasteiger partial charge is 0.226 e. The van der Waals surface area contributed by atoms with E-state index in [0.717, 1.165) is 0 Å². The van der Waals surface area contributed by atoms with Crippen LogP contribution in [0.4, 0.5) is 0 Å². The molecule has 0 aromatic carbocycles. The minimum absolute atomic E-state index is 0.176. The Balaban J connectivity index is 2.32. The highest BCUT2D eigenvalue weighted by Crippen LogP contribution is 2.38. The third kappa shape index (κ3) is 4.63. The van der Waals surface area contributed by atoms with E-state index in [1.165, 1.54) is 0 Å². The van der Waals surface area contributed by atoms with Crippen LogP contribution in [0.25, 0.3) is 0 Å². The van der Waals surface area contributed by atoms with Crippen molar-refractivity contribution < 1.29 is 9.47 Å². The van der Waals surface area contributed by atoms with Crippen LogP contribution in [0.1, 0.15) is 27.7 Å². The van der Waals surface area contributed by atoms with Crippen LogP contribution in [0.3, 0.4) is 0 Å². The zero-order valence-corrected chi connectivity index (χ0v) is 10.5. The Hall–Kier alpha value is 0.220. The van der Waals surface area contributed by atoms with Crippen LogP contribution < -0.4 is 0 Å². The van der Waals surface area contributed by atoms with Crippen molar-refractivity contribution in [1.29, 1.82) is 0 Å². The summed E-state index contributed by atoms with van der Waals surface area (Å²) >= 11 is 0. The van der Waals surface area contributed by atoms with Crippen LogP contribution in [0.5, 0.6) is 0 Å². The summed E-state index contributed by atoms with van der Waals surface area (Å²) in [6.07, 6.45) is 0.351. The van der Waals surface area contributed by atoms with Gasteiger partial charge in [-0.15, -0.1) is 10.2 Å². The summed E-state index contributed by atoms with van der Waals surface area (Å²) in [7, 11) is 3.10. The van der Waals surface area contributed by atoms with E-state index in [1.807, 2.05) is 27.7 Å². The fourth-order valence-corrected chi connectivity index (χ4v) is 2.79. The zero-order valence-electron chi connectivity index (χ0n) is 8.84. The fourth-order valence-electron chi connectivity index (χ4n) is 0.808. The first-order valence-electron chi connectivity index (χ1n) is 4.61. The average molecular weight is 236 g/mol. The molecule has 2 atom stereocenters. The molecule has 4 nitrogen and oxygen atoms in total. The molecule has 1 heterocycles. The Labute approximate surface area is 92.6 Å². The predicted octanol–water partition coefficient (Wildman–Crippen LogP) is 3.25. The van der Waals surface area contributed by atoms with Crippen molar-refractivity contribution in [1.82, 2.24) is 0 Å². The van der Waals surface area contributed by atoms with Gasteiger partial charge in [0.1, 0.15) is 0 Å². The molecule has 82 valence electrons. The van der Waals surface area contributed by atoms with Gasteiger partial charge in [-0.3, -0.25) is 0 Å². The summed E-state index contributed by atoms with van der Waals surface area (Å²) in [6, 6.07) is 0. The van der Waals surface area contributed by atoms with Gasteiger partial charge in [0.05, 0.1) is 12.2 Å². The van der Waals surface area contributed by atoms with E-state index < -0.39 is 0 Å². The normalized spacial score (nSPS) is 27.6. The molecule has 14 heavy (non-hydrogen) atoms. The highest BCUT2D eigenvalue weighted by molar-refractivity contribution is 8.77. The number of nitrogens with zero attached hydrogens (tertiary/aromatic N) is 2. The molecule has 1 aliphatic rings. The van der Waals surface area contributed by atoms with E-state index in [4.69, 9.17) is 9.47 Å². The lowest BCUT2D eigenvalue weighted by Crippen LogP contribution is -2.18. The van der Waals surface area contributed by atoms with E-state index in [1.54, 1.807) is 21.6 Å². The molecule has 0 fully saturated rings. The van der Waals surface area contributed by atoms with Gasteiger partial charge in [-0.2, -0.15) is 0 Å². The van der Waals surface area contributed by atoms with Gasteiger partial charge in [-0.05, 0) is 49.3 Å². The number of azo groups is 1. The van der Waals surface area contributed by atoms with Crippen molar-refractivity contribution in [3.05, 3.63) is 0 Å². The first-order chi connectivity index (χ1) is 6.58. The highest BCUT2D eigenvalue weighted by atomic mass is 33.1. The summed E-state index contributed by atoms with van der Waals surface area (Å²) < 4.78 is 10.9. The van der Waals surface area contributed by atoms with Crippen LogP contribution in [-0.2, 0) is 9.47 Å². The van der Waals surface area contributed by atoms with Gasteiger partial charge in [-0.25, -0.2) is 0 Å². The van der Waals surface area contributed by atoms with E-state index >= 15 is 0 Å². The first-order valence-corrected chi connectivity index (χ1v) is 6.88. The number of hydrogen-bond donors (Lipinski definition) is 0. The highest BCUT2D eigenvalue weighted by Gasteiger charge is 2.22. The van der Waals surface area contributed by atoms with E-state index in [0.29, 0.717) is 0 Å². The van der Waals surface area contributed by atoms with Gasteiger partial charge in [0.2, 0.25) is 11.1 Å². The quantitative estimate of drug-likeness (QED) is 0.703. The second kappa shape index (κ2) is 5.95. The minimum atomic E-state index is -0.188. The maximum Gasteiger partial charge on any atom is 0.226 e. The van der Waals surface area contributed by atoms with Gasteiger partial charge >= 0.3 is 0 Å². The maximum atomic E-state index is 5.47. The molecule has 1 aliphatic heterocycles. The molecule has 2 unspecified atom stereocenters. The molecule has 0 saturated heterocycles. The van der Waals surface area contributed by atoms with Gasteiger partial charge in [0.15, 0.2) is 0 Å². The Morgan fingerprint density at radius 2 is 1.21 bits per heavy atom. The standard InChI is InChI=1S/C8H16N2O2S2/c1-5(2)11-7-9-10-8(14-13-7)12-6(3)4/h5-8H,1-4H3. The Morgan fingerprint density at radius 3 is 1.43 bits per heavy atom. The van der Waals surface area contributed by atoms with Crippen molar-refractivity contribution in [2.75, 3.05) is 0 Å². The molecule has 0 amide bonds. The average Bonchev–Trinajstić information content (AvgIpc) is 2.06. The monoisotopic (exact) mass is 236 g/mol. The van der Waals surface area contributed by atoms with Crippen LogP contribution in [-0.4, -0.2) is 23.3 Å². The van der Waals surface area contributed by atoms with Crippen molar-refractivity contribution in [2.24, 2.45) is 10.2 Å². The summed E-state index contributed by atoms with van der Waals surface area (Å²) in [5.74, 6) is 0. The molecular formula is C8H16N2O2S2. The molecule has 0 aromatic heterocycles. The topological polar surface area (TPSA) is 43.2 Å². The SMILES string of the molecule is CC(C)OC1N=NC(OC(C)C)SS1. The summed E-state index contributed by atoms with van der Waals surface area (Å²) in [6.45, 7) is 7.93. The second-order valence-electron chi connectivity index (χ2n) is 3.41. The van der Waals surface area contributed by atoms with Crippen LogP contribution in [0, 0.1) is 0 Å². The Morgan fingerprint density at radius 1 is 0.857 bits per heavy atom. The molecule has 0 aliphatic carbocycles. The third-order valence-corrected chi connectivity index (χ3v) is 3.42. The van der Waals surface area contributed by atoms with Gasteiger partial charge < -0.3 is 9.47 Å². The molecule has 6 heteroatoms. The predicted molar refractivity (Wildman–Crippen MR) is 60.1 cm³/mol.